The van der Waals surface area contributed by atoms with Crippen molar-refractivity contribution in [3.63, 3.8) is 0 Å². The summed E-state index contributed by atoms with van der Waals surface area (Å²) in [4.78, 5) is 13.6. The summed E-state index contributed by atoms with van der Waals surface area (Å²) < 4.78 is 13.9. The minimum absolute atomic E-state index is 0.0839. The van der Waals surface area contributed by atoms with Crippen molar-refractivity contribution < 1.29 is 9.18 Å². The third-order valence-electron chi connectivity index (χ3n) is 3.55. The van der Waals surface area contributed by atoms with Gasteiger partial charge in [-0.1, -0.05) is 6.07 Å². The van der Waals surface area contributed by atoms with Gasteiger partial charge in [0.15, 0.2) is 0 Å². The highest BCUT2D eigenvalue weighted by Crippen LogP contribution is 2.32. The average Bonchev–Trinajstić information content (AvgIpc) is 2.76. The lowest BCUT2D eigenvalue weighted by Gasteiger charge is -2.18. The van der Waals surface area contributed by atoms with Crippen molar-refractivity contribution in [1.29, 1.82) is 5.26 Å². The first-order valence-corrected chi connectivity index (χ1v) is 6.46. The van der Waals surface area contributed by atoms with Crippen molar-refractivity contribution in [2.75, 3.05) is 10.6 Å². The number of rotatable bonds is 2. The van der Waals surface area contributed by atoms with Crippen LogP contribution in [0.5, 0.6) is 0 Å². The number of anilines is 2. The van der Waals surface area contributed by atoms with Crippen LogP contribution >= 0.6 is 0 Å². The number of halogens is 1. The molecule has 1 heterocycles. The first kappa shape index (κ1) is 13.1. The Morgan fingerprint density at radius 3 is 2.81 bits per heavy atom. The zero-order chi connectivity index (χ0) is 15.0. The van der Waals surface area contributed by atoms with E-state index in [0.29, 0.717) is 11.3 Å². The Balaban J connectivity index is 1.93. The third kappa shape index (κ3) is 2.32. The van der Waals surface area contributed by atoms with Crippen LogP contribution in [0.15, 0.2) is 36.4 Å². The van der Waals surface area contributed by atoms with Crippen LogP contribution in [-0.2, 0) is 17.8 Å². The number of benzene rings is 2. The van der Waals surface area contributed by atoms with Crippen molar-refractivity contribution in [3.05, 3.63) is 58.9 Å². The van der Waals surface area contributed by atoms with E-state index in [1.807, 2.05) is 6.07 Å². The molecule has 0 bridgehead atoms. The van der Waals surface area contributed by atoms with Gasteiger partial charge in [0.1, 0.15) is 5.82 Å². The van der Waals surface area contributed by atoms with E-state index in [9.17, 15) is 9.18 Å². The summed E-state index contributed by atoms with van der Waals surface area (Å²) in [6.45, 7) is 0.146. The van der Waals surface area contributed by atoms with Gasteiger partial charge in [0.25, 0.3) is 0 Å². The fourth-order valence-electron chi connectivity index (χ4n) is 2.49. The van der Waals surface area contributed by atoms with Crippen LogP contribution in [0.3, 0.4) is 0 Å². The van der Waals surface area contributed by atoms with Crippen LogP contribution in [0.2, 0.25) is 0 Å². The van der Waals surface area contributed by atoms with E-state index in [-0.39, 0.29) is 24.4 Å². The van der Waals surface area contributed by atoms with E-state index in [1.54, 1.807) is 29.2 Å². The van der Waals surface area contributed by atoms with E-state index in [4.69, 9.17) is 11.0 Å². The lowest BCUT2D eigenvalue weighted by molar-refractivity contribution is -0.117. The van der Waals surface area contributed by atoms with Gasteiger partial charge in [-0.25, -0.2) is 4.39 Å². The highest BCUT2D eigenvalue weighted by atomic mass is 19.1. The number of hydrogen-bond donors (Lipinski definition) is 1. The highest BCUT2D eigenvalue weighted by molar-refractivity contribution is 6.01. The highest BCUT2D eigenvalue weighted by Gasteiger charge is 2.27. The second-order valence-electron chi connectivity index (χ2n) is 4.96. The van der Waals surface area contributed by atoms with Crippen molar-refractivity contribution >= 4 is 17.3 Å². The standard InChI is InChI=1S/C16H12FN3O/c17-14-5-10(8-18)1-2-11(14)9-20-15-4-3-13(19)6-12(15)7-16(20)21/h1-6H,7,9,19H2. The molecule has 0 fully saturated rings. The van der Waals surface area contributed by atoms with Crippen molar-refractivity contribution in [1.82, 2.24) is 0 Å². The lowest BCUT2D eigenvalue weighted by atomic mass is 10.1. The summed E-state index contributed by atoms with van der Waals surface area (Å²) in [6, 6.07) is 11.4. The second kappa shape index (κ2) is 4.91. The van der Waals surface area contributed by atoms with Gasteiger partial charge in [-0.05, 0) is 35.9 Å². The number of nitrogens with zero attached hydrogens (tertiary/aromatic N) is 2. The van der Waals surface area contributed by atoms with Crippen LogP contribution in [0, 0.1) is 17.1 Å². The van der Waals surface area contributed by atoms with Crippen molar-refractivity contribution in [2.45, 2.75) is 13.0 Å². The summed E-state index contributed by atoms with van der Waals surface area (Å²) in [5, 5.41) is 8.74. The summed E-state index contributed by atoms with van der Waals surface area (Å²) >= 11 is 0. The maximum atomic E-state index is 13.9. The molecule has 0 saturated carbocycles. The lowest BCUT2D eigenvalue weighted by Crippen LogP contribution is -2.26. The normalized spacial score (nSPS) is 13.1. The molecule has 2 N–H and O–H groups in total. The van der Waals surface area contributed by atoms with Gasteiger partial charge < -0.3 is 10.6 Å². The number of carbonyl (C=O) groups excluding carboxylic acids is 1. The number of amides is 1. The maximum absolute atomic E-state index is 13.9. The maximum Gasteiger partial charge on any atom is 0.231 e. The molecular weight excluding hydrogens is 269 g/mol. The Hall–Kier alpha value is -2.87. The molecule has 1 aliphatic rings. The molecule has 1 amide bonds. The molecule has 3 rings (SSSR count). The Bertz CT molecular complexity index is 780. The first-order chi connectivity index (χ1) is 10.1. The van der Waals surface area contributed by atoms with E-state index in [1.165, 1.54) is 12.1 Å². The predicted octanol–water partition coefficient (Wildman–Crippen LogP) is 2.37. The van der Waals surface area contributed by atoms with Crippen LogP contribution < -0.4 is 10.6 Å². The zero-order valence-corrected chi connectivity index (χ0v) is 11.1. The Labute approximate surface area is 121 Å². The summed E-state index contributed by atoms with van der Waals surface area (Å²) in [7, 11) is 0. The molecule has 0 unspecified atom stereocenters. The molecule has 0 saturated heterocycles. The molecule has 5 heteroatoms. The largest absolute Gasteiger partial charge is 0.399 e. The molecule has 0 aliphatic carbocycles. The smallest absolute Gasteiger partial charge is 0.231 e. The minimum Gasteiger partial charge on any atom is -0.399 e. The van der Waals surface area contributed by atoms with Gasteiger partial charge in [-0.3, -0.25) is 4.79 Å². The van der Waals surface area contributed by atoms with Crippen LogP contribution in [0.4, 0.5) is 15.8 Å². The second-order valence-corrected chi connectivity index (χ2v) is 4.96. The molecule has 104 valence electrons. The molecule has 4 nitrogen and oxygen atoms in total. The van der Waals surface area contributed by atoms with Crippen LogP contribution in [0.1, 0.15) is 16.7 Å². The van der Waals surface area contributed by atoms with E-state index in [2.05, 4.69) is 0 Å². The summed E-state index contributed by atoms with van der Waals surface area (Å²) in [5.41, 5.74) is 8.57. The Morgan fingerprint density at radius 2 is 2.10 bits per heavy atom. The van der Waals surface area contributed by atoms with E-state index < -0.39 is 5.82 Å². The number of nitriles is 1. The van der Waals surface area contributed by atoms with Gasteiger partial charge in [-0.2, -0.15) is 5.26 Å². The minimum atomic E-state index is -0.481. The zero-order valence-electron chi connectivity index (χ0n) is 11.1. The molecule has 2 aromatic rings. The molecule has 21 heavy (non-hydrogen) atoms. The van der Waals surface area contributed by atoms with Crippen molar-refractivity contribution in [2.24, 2.45) is 0 Å². The van der Waals surface area contributed by atoms with Gasteiger partial charge in [0.05, 0.1) is 24.6 Å². The molecule has 2 aromatic carbocycles. The number of carbonyl (C=O) groups is 1. The molecule has 1 aliphatic heterocycles. The van der Waals surface area contributed by atoms with Crippen molar-refractivity contribution in [3.8, 4) is 6.07 Å². The topological polar surface area (TPSA) is 70.1 Å². The number of hydrogen-bond acceptors (Lipinski definition) is 3. The number of nitrogens with two attached hydrogens (primary N) is 1. The monoisotopic (exact) mass is 281 g/mol. The fraction of sp³-hybridized carbons (Fsp3) is 0.125. The summed E-state index contributed by atoms with van der Waals surface area (Å²) in [5.74, 6) is -0.565. The first-order valence-electron chi connectivity index (χ1n) is 6.46. The molecule has 0 atom stereocenters. The quantitative estimate of drug-likeness (QED) is 0.859. The fourth-order valence-corrected chi connectivity index (χ4v) is 2.49. The molecule has 0 aromatic heterocycles. The average molecular weight is 281 g/mol. The Morgan fingerprint density at radius 1 is 1.29 bits per heavy atom. The van der Waals surface area contributed by atoms with Crippen LogP contribution in [0.25, 0.3) is 0 Å². The number of nitrogen functional groups attached to an aromatic ring is 1. The van der Waals surface area contributed by atoms with E-state index in [0.717, 1.165) is 11.3 Å². The Kier molecular flexibility index (Phi) is 3.07. The van der Waals surface area contributed by atoms with E-state index >= 15 is 0 Å². The molecular formula is C16H12FN3O. The predicted molar refractivity (Wildman–Crippen MR) is 76.9 cm³/mol. The van der Waals surface area contributed by atoms with Gasteiger partial charge in [-0.15, -0.1) is 0 Å². The van der Waals surface area contributed by atoms with Gasteiger partial charge in [0.2, 0.25) is 5.91 Å². The summed E-state index contributed by atoms with van der Waals surface area (Å²) in [6.07, 6.45) is 0.276. The van der Waals surface area contributed by atoms with Gasteiger partial charge in [0, 0.05) is 16.9 Å². The number of fused-ring (bicyclic) bond motifs is 1. The van der Waals surface area contributed by atoms with Gasteiger partial charge >= 0.3 is 0 Å². The third-order valence-corrected chi connectivity index (χ3v) is 3.55. The molecule has 0 spiro atoms. The SMILES string of the molecule is N#Cc1ccc(CN2C(=O)Cc3cc(N)ccc32)c(F)c1. The van der Waals surface area contributed by atoms with Crippen LogP contribution in [-0.4, -0.2) is 5.91 Å². The molecule has 0 radical (unpaired) electrons.